The van der Waals surface area contributed by atoms with Gasteiger partial charge in [0, 0.05) is 6.54 Å². The Labute approximate surface area is 105 Å². The minimum Gasteiger partial charge on any atom is -0.481 e. The first-order chi connectivity index (χ1) is 8.66. The molecule has 2 rings (SSSR count). The molecule has 1 fully saturated rings. The minimum atomic E-state index is -0.701. The smallest absolute Gasteiger partial charge is 0.306 e. The first kappa shape index (κ1) is 12.7. The van der Waals surface area contributed by atoms with Crippen molar-refractivity contribution in [3.8, 4) is 0 Å². The van der Waals surface area contributed by atoms with Gasteiger partial charge in [-0.2, -0.15) is 0 Å². The highest BCUT2D eigenvalue weighted by molar-refractivity contribution is 5.91. The molecule has 0 bridgehead atoms. The Balaban J connectivity index is 1.72. The van der Waals surface area contributed by atoms with Crippen LogP contribution >= 0.6 is 0 Å². The van der Waals surface area contributed by atoms with Crippen molar-refractivity contribution in [3.63, 3.8) is 0 Å². The average molecular weight is 251 g/mol. The van der Waals surface area contributed by atoms with Crippen LogP contribution in [0, 0.1) is 11.8 Å². The molecule has 0 aromatic carbocycles. The third-order valence-electron chi connectivity index (χ3n) is 3.49. The Morgan fingerprint density at radius 1 is 1.33 bits per heavy atom. The van der Waals surface area contributed by atoms with Crippen molar-refractivity contribution in [1.82, 2.24) is 5.32 Å². The van der Waals surface area contributed by atoms with Gasteiger partial charge in [0.05, 0.1) is 12.2 Å². The van der Waals surface area contributed by atoms with Crippen LogP contribution in [-0.4, -0.2) is 23.5 Å². The van der Waals surface area contributed by atoms with Crippen LogP contribution in [0.2, 0.25) is 0 Å². The van der Waals surface area contributed by atoms with Gasteiger partial charge in [-0.05, 0) is 43.7 Å². The zero-order chi connectivity index (χ0) is 13.0. The van der Waals surface area contributed by atoms with Crippen molar-refractivity contribution in [2.24, 2.45) is 11.8 Å². The molecule has 0 aliphatic heterocycles. The average Bonchev–Trinajstić information content (AvgIpc) is 2.90. The standard InChI is InChI=1S/C13H17NO4/c15-12(11-2-1-7-18-11)14-8-9-3-5-10(6-4-9)13(16)17/h1-2,7,9-10H,3-6,8H2,(H,14,15)(H,16,17). The molecule has 5 nitrogen and oxygen atoms in total. The van der Waals surface area contributed by atoms with Gasteiger partial charge >= 0.3 is 5.97 Å². The van der Waals surface area contributed by atoms with Crippen molar-refractivity contribution >= 4 is 11.9 Å². The lowest BCUT2D eigenvalue weighted by Gasteiger charge is -2.25. The Morgan fingerprint density at radius 2 is 2.06 bits per heavy atom. The van der Waals surface area contributed by atoms with E-state index in [1.54, 1.807) is 12.1 Å². The molecule has 0 atom stereocenters. The molecule has 0 saturated heterocycles. The van der Waals surface area contributed by atoms with Crippen LogP contribution in [0.5, 0.6) is 0 Å². The highest BCUT2D eigenvalue weighted by Crippen LogP contribution is 2.28. The fraction of sp³-hybridized carbons (Fsp3) is 0.538. The zero-order valence-corrected chi connectivity index (χ0v) is 10.1. The van der Waals surface area contributed by atoms with E-state index in [2.05, 4.69) is 5.32 Å². The fourth-order valence-electron chi connectivity index (χ4n) is 2.35. The van der Waals surface area contributed by atoms with Crippen LogP contribution < -0.4 is 5.32 Å². The summed E-state index contributed by atoms with van der Waals surface area (Å²) in [6.07, 6.45) is 4.59. The molecule has 1 amide bonds. The third-order valence-corrected chi connectivity index (χ3v) is 3.49. The Hall–Kier alpha value is -1.78. The van der Waals surface area contributed by atoms with E-state index in [1.807, 2.05) is 0 Å². The van der Waals surface area contributed by atoms with Crippen LogP contribution in [0.15, 0.2) is 22.8 Å². The molecule has 5 heteroatoms. The van der Waals surface area contributed by atoms with E-state index in [-0.39, 0.29) is 11.8 Å². The number of carboxylic acid groups (broad SMARTS) is 1. The number of nitrogens with one attached hydrogen (secondary N) is 1. The quantitative estimate of drug-likeness (QED) is 0.856. The maximum absolute atomic E-state index is 11.6. The van der Waals surface area contributed by atoms with Gasteiger partial charge in [-0.15, -0.1) is 0 Å². The minimum absolute atomic E-state index is 0.206. The summed E-state index contributed by atoms with van der Waals surface area (Å²) in [6.45, 7) is 0.589. The number of carbonyl (C=O) groups excluding carboxylic acids is 1. The van der Waals surface area contributed by atoms with Crippen molar-refractivity contribution in [2.45, 2.75) is 25.7 Å². The molecule has 0 radical (unpaired) electrons. The van der Waals surface area contributed by atoms with E-state index >= 15 is 0 Å². The fourth-order valence-corrected chi connectivity index (χ4v) is 2.35. The number of carbonyl (C=O) groups is 2. The van der Waals surface area contributed by atoms with E-state index in [9.17, 15) is 9.59 Å². The summed E-state index contributed by atoms with van der Waals surface area (Å²) in [4.78, 5) is 22.4. The zero-order valence-electron chi connectivity index (χ0n) is 10.1. The summed E-state index contributed by atoms with van der Waals surface area (Å²) >= 11 is 0. The Bertz CT molecular complexity index is 405. The van der Waals surface area contributed by atoms with Gasteiger partial charge in [-0.25, -0.2) is 0 Å². The van der Waals surface area contributed by atoms with Gasteiger partial charge in [0.2, 0.25) is 0 Å². The second-order valence-electron chi connectivity index (χ2n) is 4.74. The lowest BCUT2D eigenvalue weighted by atomic mass is 9.82. The summed E-state index contributed by atoms with van der Waals surface area (Å²) in [5, 5.41) is 11.7. The Morgan fingerprint density at radius 3 is 2.61 bits per heavy atom. The van der Waals surface area contributed by atoms with Crippen molar-refractivity contribution in [3.05, 3.63) is 24.2 Å². The summed E-state index contributed by atoms with van der Waals surface area (Å²) < 4.78 is 4.99. The number of hydrogen-bond acceptors (Lipinski definition) is 3. The number of hydrogen-bond donors (Lipinski definition) is 2. The molecule has 1 aliphatic carbocycles. The van der Waals surface area contributed by atoms with Gasteiger partial charge in [0.25, 0.3) is 5.91 Å². The highest BCUT2D eigenvalue weighted by Gasteiger charge is 2.26. The molecule has 1 aromatic heterocycles. The second-order valence-corrected chi connectivity index (χ2v) is 4.74. The predicted octanol–water partition coefficient (Wildman–Crippen LogP) is 1.90. The van der Waals surface area contributed by atoms with Crippen molar-refractivity contribution < 1.29 is 19.1 Å². The van der Waals surface area contributed by atoms with Gasteiger partial charge in [0.1, 0.15) is 0 Å². The number of aliphatic carboxylic acids is 1. The molecule has 18 heavy (non-hydrogen) atoms. The highest BCUT2D eigenvalue weighted by atomic mass is 16.4. The molecule has 0 spiro atoms. The maximum Gasteiger partial charge on any atom is 0.306 e. The van der Waals surface area contributed by atoms with Gasteiger partial charge < -0.3 is 14.8 Å². The molecule has 1 aromatic rings. The molecule has 1 heterocycles. The summed E-state index contributed by atoms with van der Waals surface area (Å²) in [5.74, 6) is -0.427. The van der Waals surface area contributed by atoms with Gasteiger partial charge in [0.15, 0.2) is 5.76 Å². The first-order valence-electron chi connectivity index (χ1n) is 6.21. The summed E-state index contributed by atoms with van der Waals surface area (Å²) in [7, 11) is 0. The van der Waals surface area contributed by atoms with Crippen LogP contribution in [0.1, 0.15) is 36.2 Å². The van der Waals surface area contributed by atoms with Crippen LogP contribution in [0.25, 0.3) is 0 Å². The van der Waals surface area contributed by atoms with E-state index in [0.717, 1.165) is 12.8 Å². The third kappa shape index (κ3) is 3.12. The summed E-state index contributed by atoms with van der Waals surface area (Å²) in [6, 6.07) is 3.30. The van der Waals surface area contributed by atoms with E-state index in [0.29, 0.717) is 31.1 Å². The largest absolute Gasteiger partial charge is 0.481 e. The van der Waals surface area contributed by atoms with Crippen LogP contribution in [0.4, 0.5) is 0 Å². The monoisotopic (exact) mass is 251 g/mol. The second kappa shape index (κ2) is 5.71. The van der Waals surface area contributed by atoms with Crippen molar-refractivity contribution in [2.75, 3.05) is 6.54 Å². The summed E-state index contributed by atoms with van der Waals surface area (Å²) in [5.41, 5.74) is 0. The molecular weight excluding hydrogens is 234 g/mol. The SMILES string of the molecule is O=C(NCC1CCC(C(=O)O)CC1)c1ccco1. The lowest BCUT2D eigenvalue weighted by molar-refractivity contribution is -0.143. The molecule has 2 N–H and O–H groups in total. The maximum atomic E-state index is 11.6. The van der Waals surface area contributed by atoms with E-state index in [4.69, 9.17) is 9.52 Å². The van der Waals surface area contributed by atoms with Crippen molar-refractivity contribution in [1.29, 1.82) is 0 Å². The molecule has 98 valence electrons. The molecule has 1 aliphatic rings. The number of carboxylic acids is 1. The predicted molar refractivity (Wildman–Crippen MR) is 64.1 cm³/mol. The molecule has 0 unspecified atom stereocenters. The van der Waals surface area contributed by atoms with Crippen LogP contribution in [0.3, 0.4) is 0 Å². The normalized spacial score (nSPS) is 23.6. The molecule has 1 saturated carbocycles. The van der Waals surface area contributed by atoms with E-state index < -0.39 is 5.97 Å². The topological polar surface area (TPSA) is 79.5 Å². The first-order valence-corrected chi connectivity index (χ1v) is 6.21. The lowest BCUT2D eigenvalue weighted by Crippen LogP contribution is -2.32. The van der Waals surface area contributed by atoms with E-state index in [1.165, 1.54) is 6.26 Å². The Kier molecular flexibility index (Phi) is 4.02. The number of rotatable bonds is 4. The van der Waals surface area contributed by atoms with Gasteiger partial charge in [-0.3, -0.25) is 9.59 Å². The molecular formula is C13H17NO4. The number of furan rings is 1. The van der Waals surface area contributed by atoms with Crippen LogP contribution in [-0.2, 0) is 4.79 Å². The van der Waals surface area contributed by atoms with Gasteiger partial charge in [-0.1, -0.05) is 0 Å². The number of amides is 1.